The van der Waals surface area contributed by atoms with E-state index in [4.69, 9.17) is 5.11 Å². The topological polar surface area (TPSA) is 52.6 Å². The number of hydrogen-bond acceptors (Lipinski definition) is 3. The maximum Gasteiger partial charge on any atom is 0.238 e. The quantitative estimate of drug-likeness (QED) is 0.773. The highest BCUT2D eigenvalue weighted by Crippen LogP contribution is 2.09. The molecule has 0 saturated heterocycles. The Morgan fingerprint density at radius 1 is 1.44 bits per heavy atom. The monoisotopic (exact) mass is 250 g/mol. The third-order valence-corrected chi connectivity index (χ3v) is 2.75. The molecule has 0 aliphatic heterocycles. The van der Waals surface area contributed by atoms with Gasteiger partial charge in [0.1, 0.15) is 0 Å². The van der Waals surface area contributed by atoms with Crippen LogP contribution in [-0.2, 0) is 4.79 Å². The predicted molar refractivity (Wildman–Crippen MR) is 73.6 cm³/mol. The van der Waals surface area contributed by atoms with Gasteiger partial charge in [0.05, 0.1) is 6.54 Å². The molecule has 0 heterocycles. The lowest BCUT2D eigenvalue weighted by atomic mass is 10.2. The van der Waals surface area contributed by atoms with E-state index in [0.717, 1.165) is 24.3 Å². The van der Waals surface area contributed by atoms with E-state index in [1.54, 1.807) is 0 Å². The molecule has 1 aromatic carbocycles. The van der Waals surface area contributed by atoms with Crippen molar-refractivity contribution in [2.75, 3.05) is 31.6 Å². The summed E-state index contributed by atoms with van der Waals surface area (Å²) in [6.45, 7) is 6.09. The number of hydrogen-bond donors (Lipinski definition) is 2. The van der Waals surface area contributed by atoms with E-state index in [9.17, 15) is 4.79 Å². The molecule has 0 spiro atoms. The van der Waals surface area contributed by atoms with Crippen molar-refractivity contribution in [2.24, 2.45) is 0 Å². The van der Waals surface area contributed by atoms with Crippen LogP contribution in [0.2, 0.25) is 0 Å². The average Bonchev–Trinajstić information content (AvgIpc) is 2.34. The van der Waals surface area contributed by atoms with Gasteiger partial charge in [0.2, 0.25) is 5.91 Å². The summed E-state index contributed by atoms with van der Waals surface area (Å²) >= 11 is 0. The largest absolute Gasteiger partial charge is 0.396 e. The lowest BCUT2D eigenvalue weighted by Gasteiger charge is -2.19. The lowest BCUT2D eigenvalue weighted by molar-refractivity contribution is -0.117. The Kier molecular flexibility index (Phi) is 6.39. The number of rotatable bonds is 7. The summed E-state index contributed by atoms with van der Waals surface area (Å²) in [5, 5.41) is 11.7. The fraction of sp³-hybridized carbons (Fsp3) is 0.500. The van der Waals surface area contributed by atoms with E-state index in [0.29, 0.717) is 13.0 Å². The van der Waals surface area contributed by atoms with Gasteiger partial charge in [-0.3, -0.25) is 9.69 Å². The van der Waals surface area contributed by atoms with Crippen LogP contribution in [0.3, 0.4) is 0 Å². The Labute approximate surface area is 109 Å². The molecular formula is C14H22N2O2. The highest BCUT2D eigenvalue weighted by atomic mass is 16.3. The van der Waals surface area contributed by atoms with Gasteiger partial charge in [0.15, 0.2) is 0 Å². The average molecular weight is 250 g/mol. The number of aliphatic hydroxyl groups excluding tert-OH is 1. The lowest BCUT2D eigenvalue weighted by Crippen LogP contribution is -2.34. The van der Waals surface area contributed by atoms with Crippen molar-refractivity contribution < 1.29 is 9.90 Å². The van der Waals surface area contributed by atoms with Crippen LogP contribution >= 0.6 is 0 Å². The maximum absolute atomic E-state index is 11.8. The molecule has 0 saturated carbocycles. The van der Waals surface area contributed by atoms with E-state index in [2.05, 4.69) is 5.32 Å². The standard InChI is InChI=1S/C14H22N2O2/c1-3-16(8-5-9-17)11-14(18)15-13-7-4-6-12(2)10-13/h4,6-7,10,17H,3,5,8-9,11H2,1-2H3,(H,15,18). The maximum atomic E-state index is 11.8. The van der Waals surface area contributed by atoms with Crippen molar-refractivity contribution >= 4 is 11.6 Å². The summed E-state index contributed by atoms with van der Waals surface area (Å²) in [4.78, 5) is 13.9. The van der Waals surface area contributed by atoms with Crippen LogP contribution in [0.5, 0.6) is 0 Å². The van der Waals surface area contributed by atoms with Crippen LogP contribution < -0.4 is 5.32 Å². The van der Waals surface area contributed by atoms with Gasteiger partial charge < -0.3 is 10.4 Å². The van der Waals surface area contributed by atoms with Crippen LogP contribution in [0.15, 0.2) is 24.3 Å². The molecule has 0 aliphatic carbocycles. The first-order chi connectivity index (χ1) is 8.65. The number of anilines is 1. The molecule has 1 amide bonds. The molecule has 100 valence electrons. The molecule has 1 aromatic rings. The van der Waals surface area contributed by atoms with Crippen LogP contribution in [-0.4, -0.2) is 42.2 Å². The second-order valence-electron chi connectivity index (χ2n) is 4.36. The first-order valence-corrected chi connectivity index (χ1v) is 6.35. The van der Waals surface area contributed by atoms with Crippen molar-refractivity contribution in [3.05, 3.63) is 29.8 Å². The van der Waals surface area contributed by atoms with Gasteiger partial charge in [-0.05, 0) is 37.6 Å². The summed E-state index contributed by atoms with van der Waals surface area (Å²) in [5.74, 6) is -0.0135. The van der Waals surface area contributed by atoms with E-state index in [-0.39, 0.29) is 12.5 Å². The minimum atomic E-state index is -0.0135. The number of aliphatic hydroxyl groups is 1. The van der Waals surface area contributed by atoms with Gasteiger partial charge in [-0.25, -0.2) is 0 Å². The first-order valence-electron chi connectivity index (χ1n) is 6.35. The molecule has 0 atom stereocenters. The van der Waals surface area contributed by atoms with Crippen molar-refractivity contribution in [2.45, 2.75) is 20.3 Å². The van der Waals surface area contributed by atoms with E-state index in [1.165, 1.54) is 0 Å². The zero-order valence-electron chi connectivity index (χ0n) is 11.1. The summed E-state index contributed by atoms with van der Waals surface area (Å²) in [7, 11) is 0. The Bertz CT molecular complexity index is 380. The highest BCUT2D eigenvalue weighted by Gasteiger charge is 2.08. The molecule has 0 radical (unpaired) electrons. The second kappa shape index (κ2) is 7.84. The minimum absolute atomic E-state index is 0.0135. The fourth-order valence-corrected chi connectivity index (χ4v) is 1.77. The minimum Gasteiger partial charge on any atom is -0.396 e. The molecule has 4 nitrogen and oxygen atoms in total. The normalized spacial score (nSPS) is 10.7. The molecule has 0 unspecified atom stereocenters. The summed E-state index contributed by atoms with van der Waals surface area (Å²) in [5.41, 5.74) is 1.96. The molecule has 4 heteroatoms. The Morgan fingerprint density at radius 3 is 2.83 bits per heavy atom. The summed E-state index contributed by atoms with van der Waals surface area (Å²) in [6.07, 6.45) is 0.700. The number of nitrogens with one attached hydrogen (secondary N) is 1. The Morgan fingerprint density at radius 2 is 2.22 bits per heavy atom. The number of aryl methyl sites for hydroxylation is 1. The van der Waals surface area contributed by atoms with Crippen molar-refractivity contribution in [1.29, 1.82) is 0 Å². The fourth-order valence-electron chi connectivity index (χ4n) is 1.77. The number of nitrogens with zero attached hydrogens (tertiary/aromatic N) is 1. The van der Waals surface area contributed by atoms with Crippen molar-refractivity contribution in [1.82, 2.24) is 4.90 Å². The van der Waals surface area contributed by atoms with E-state index in [1.807, 2.05) is 43.0 Å². The Hall–Kier alpha value is -1.39. The summed E-state index contributed by atoms with van der Waals surface area (Å²) < 4.78 is 0. The number of carbonyl (C=O) groups excluding carboxylic acids is 1. The van der Waals surface area contributed by atoms with Crippen LogP contribution in [0.25, 0.3) is 0 Å². The third-order valence-electron chi connectivity index (χ3n) is 2.75. The van der Waals surface area contributed by atoms with E-state index < -0.39 is 0 Å². The smallest absolute Gasteiger partial charge is 0.238 e. The van der Waals surface area contributed by atoms with Crippen molar-refractivity contribution in [3.8, 4) is 0 Å². The zero-order valence-corrected chi connectivity index (χ0v) is 11.1. The number of amides is 1. The molecule has 2 N–H and O–H groups in total. The third kappa shape index (κ3) is 5.29. The molecule has 0 bridgehead atoms. The molecule has 1 rings (SSSR count). The van der Waals surface area contributed by atoms with E-state index >= 15 is 0 Å². The number of benzene rings is 1. The zero-order chi connectivity index (χ0) is 13.4. The highest BCUT2D eigenvalue weighted by molar-refractivity contribution is 5.92. The van der Waals surface area contributed by atoms with Gasteiger partial charge in [0.25, 0.3) is 0 Å². The van der Waals surface area contributed by atoms with Gasteiger partial charge in [0, 0.05) is 18.8 Å². The van der Waals surface area contributed by atoms with Crippen LogP contribution in [0, 0.1) is 6.92 Å². The molecule has 0 fully saturated rings. The Balaban J connectivity index is 2.45. The summed E-state index contributed by atoms with van der Waals surface area (Å²) in [6, 6.07) is 7.75. The van der Waals surface area contributed by atoms with Gasteiger partial charge in [-0.1, -0.05) is 19.1 Å². The van der Waals surface area contributed by atoms with Crippen LogP contribution in [0.1, 0.15) is 18.9 Å². The predicted octanol–water partition coefficient (Wildman–Crippen LogP) is 1.64. The van der Waals surface area contributed by atoms with Gasteiger partial charge in [-0.15, -0.1) is 0 Å². The molecule has 18 heavy (non-hydrogen) atoms. The molecule has 0 aliphatic rings. The van der Waals surface area contributed by atoms with Gasteiger partial charge in [-0.2, -0.15) is 0 Å². The molecular weight excluding hydrogens is 228 g/mol. The van der Waals surface area contributed by atoms with Gasteiger partial charge >= 0.3 is 0 Å². The SMILES string of the molecule is CCN(CCCO)CC(=O)Nc1cccc(C)c1. The molecule has 0 aromatic heterocycles. The van der Waals surface area contributed by atoms with Crippen LogP contribution in [0.4, 0.5) is 5.69 Å². The second-order valence-corrected chi connectivity index (χ2v) is 4.36. The number of likely N-dealkylation sites (N-methyl/N-ethyl adjacent to an activating group) is 1. The number of carbonyl (C=O) groups is 1. The van der Waals surface area contributed by atoms with Crippen molar-refractivity contribution in [3.63, 3.8) is 0 Å². The first kappa shape index (κ1) is 14.7.